The molecule has 0 aliphatic carbocycles. The molecule has 3 heterocycles. The Morgan fingerprint density at radius 1 is 1.16 bits per heavy atom. The highest BCUT2D eigenvalue weighted by molar-refractivity contribution is 9.10. The topological polar surface area (TPSA) is 96.5 Å². The van der Waals surface area contributed by atoms with Crippen molar-refractivity contribution in [3.63, 3.8) is 0 Å². The van der Waals surface area contributed by atoms with Gasteiger partial charge in [-0.1, -0.05) is 46.3 Å². The van der Waals surface area contributed by atoms with Crippen LogP contribution in [0.4, 0.5) is 5.13 Å². The van der Waals surface area contributed by atoms with Crippen LogP contribution in [-0.2, 0) is 6.42 Å². The molecule has 7 nitrogen and oxygen atoms in total. The van der Waals surface area contributed by atoms with Crippen LogP contribution in [0.3, 0.4) is 0 Å². The first-order valence-corrected chi connectivity index (χ1v) is 11.3. The molecular weight excluding hydrogens is 482 g/mol. The Morgan fingerprint density at radius 3 is 2.68 bits per heavy atom. The second kappa shape index (κ2) is 7.58. The summed E-state index contributed by atoms with van der Waals surface area (Å²) in [7, 11) is 0. The first-order valence-electron chi connectivity index (χ1n) is 9.69. The number of benzene rings is 2. The summed E-state index contributed by atoms with van der Waals surface area (Å²) in [6.45, 7) is 2.05. The minimum atomic E-state index is -0.731. The van der Waals surface area contributed by atoms with Crippen molar-refractivity contribution >= 4 is 49.3 Å². The average molecular weight is 498 g/mol. The number of hydrogen-bond acceptors (Lipinski definition) is 7. The van der Waals surface area contributed by atoms with Gasteiger partial charge in [0.2, 0.25) is 10.9 Å². The molecule has 1 N–H and O–H groups in total. The van der Waals surface area contributed by atoms with E-state index in [0.29, 0.717) is 21.7 Å². The molecule has 0 spiro atoms. The summed E-state index contributed by atoms with van der Waals surface area (Å²) >= 11 is 4.72. The predicted molar refractivity (Wildman–Crippen MR) is 121 cm³/mol. The van der Waals surface area contributed by atoms with E-state index >= 15 is 0 Å². The number of carbonyl (C=O) groups excluding carboxylic acids is 1. The van der Waals surface area contributed by atoms with E-state index in [0.717, 1.165) is 22.3 Å². The molecule has 31 heavy (non-hydrogen) atoms. The minimum Gasteiger partial charge on any atom is -0.508 e. The molecule has 2 aromatic heterocycles. The number of aromatic hydroxyl groups is 1. The van der Waals surface area contributed by atoms with Crippen LogP contribution in [0.2, 0.25) is 0 Å². The molecule has 0 bridgehead atoms. The second-order valence-electron chi connectivity index (χ2n) is 7.21. The number of fused-ring (bicyclic) bond motifs is 2. The van der Waals surface area contributed by atoms with Gasteiger partial charge in [0.05, 0.1) is 17.0 Å². The van der Waals surface area contributed by atoms with E-state index in [1.165, 1.54) is 28.4 Å². The standard InChI is InChI=1S/C22H16BrN3O4S/c1-2-3-16-24-25-22(31-16)26-18(11-4-7-13(27)8-5-11)17-19(28)14-10-12(23)6-9-15(14)30-20(17)21(26)29/h4-10,18,27H,2-3H2,1H3. The zero-order valence-electron chi connectivity index (χ0n) is 16.3. The van der Waals surface area contributed by atoms with Gasteiger partial charge in [-0.25, -0.2) is 0 Å². The molecule has 0 saturated heterocycles. The molecule has 4 aromatic rings. The zero-order chi connectivity index (χ0) is 21.7. The van der Waals surface area contributed by atoms with Crippen LogP contribution >= 0.6 is 27.3 Å². The first-order chi connectivity index (χ1) is 15.0. The number of phenols is 1. The fourth-order valence-corrected chi connectivity index (χ4v) is 5.10. The molecule has 1 amide bonds. The van der Waals surface area contributed by atoms with Crippen LogP contribution in [0.5, 0.6) is 5.75 Å². The number of aromatic nitrogens is 2. The number of aryl methyl sites for hydroxylation is 1. The SMILES string of the molecule is CCCc1nnc(N2C(=O)c3oc4ccc(Br)cc4c(=O)c3C2c2ccc(O)cc2)s1. The van der Waals surface area contributed by atoms with Gasteiger partial charge in [-0.05, 0) is 42.3 Å². The Morgan fingerprint density at radius 2 is 1.94 bits per heavy atom. The number of hydrogen-bond donors (Lipinski definition) is 1. The van der Waals surface area contributed by atoms with Crippen molar-refractivity contribution in [2.45, 2.75) is 25.8 Å². The lowest BCUT2D eigenvalue weighted by atomic mass is 9.98. The van der Waals surface area contributed by atoms with Gasteiger partial charge in [0.15, 0.2) is 5.43 Å². The monoisotopic (exact) mass is 497 g/mol. The third-order valence-corrected chi connectivity index (χ3v) is 6.64. The van der Waals surface area contributed by atoms with Crippen molar-refractivity contribution < 1.29 is 14.3 Å². The smallest absolute Gasteiger partial charge is 0.297 e. The maximum atomic E-state index is 13.5. The maximum Gasteiger partial charge on any atom is 0.297 e. The van der Waals surface area contributed by atoms with Gasteiger partial charge in [0.1, 0.15) is 16.3 Å². The molecule has 0 radical (unpaired) electrons. The highest BCUT2D eigenvalue weighted by atomic mass is 79.9. The van der Waals surface area contributed by atoms with Crippen LogP contribution < -0.4 is 10.3 Å². The van der Waals surface area contributed by atoms with E-state index in [1.54, 1.807) is 30.3 Å². The van der Waals surface area contributed by atoms with Gasteiger partial charge in [-0.2, -0.15) is 0 Å². The Labute approximate surface area is 189 Å². The van der Waals surface area contributed by atoms with E-state index in [4.69, 9.17) is 4.42 Å². The number of carbonyl (C=O) groups is 1. The molecule has 0 fully saturated rings. The number of rotatable bonds is 4. The van der Waals surface area contributed by atoms with Crippen molar-refractivity contribution in [1.82, 2.24) is 10.2 Å². The molecule has 1 aliphatic rings. The Hall–Kier alpha value is -3.04. The van der Waals surface area contributed by atoms with Gasteiger partial charge in [-0.3, -0.25) is 14.5 Å². The van der Waals surface area contributed by atoms with E-state index in [9.17, 15) is 14.7 Å². The number of phenolic OH excluding ortho intramolecular Hbond substituents is 1. The number of anilines is 1. The maximum absolute atomic E-state index is 13.5. The van der Waals surface area contributed by atoms with Gasteiger partial charge in [-0.15, -0.1) is 10.2 Å². The van der Waals surface area contributed by atoms with Crippen LogP contribution in [0, 0.1) is 0 Å². The van der Waals surface area contributed by atoms with Gasteiger partial charge in [0.25, 0.3) is 5.91 Å². The summed E-state index contributed by atoms with van der Waals surface area (Å²) in [6.07, 6.45) is 1.66. The zero-order valence-corrected chi connectivity index (χ0v) is 18.7. The van der Waals surface area contributed by atoms with Gasteiger partial charge in [0, 0.05) is 10.9 Å². The van der Waals surface area contributed by atoms with E-state index in [1.807, 2.05) is 6.92 Å². The molecule has 9 heteroatoms. The number of halogens is 1. The lowest BCUT2D eigenvalue weighted by molar-refractivity contribution is 0.0970. The molecule has 156 valence electrons. The first kappa shape index (κ1) is 19.9. The molecular formula is C22H16BrN3O4S. The summed E-state index contributed by atoms with van der Waals surface area (Å²) < 4.78 is 6.67. The van der Waals surface area contributed by atoms with E-state index in [2.05, 4.69) is 26.1 Å². The molecule has 1 atom stereocenters. The minimum absolute atomic E-state index is 0.00476. The molecule has 2 aromatic carbocycles. The fraction of sp³-hybridized carbons (Fsp3) is 0.182. The lowest BCUT2D eigenvalue weighted by Gasteiger charge is -2.22. The Balaban J connectivity index is 1.77. The predicted octanol–water partition coefficient (Wildman–Crippen LogP) is 4.81. The van der Waals surface area contributed by atoms with Crippen molar-refractivity contribution in [1.29, 1.82) is 0 Å². The van der Waals surface area contributed by atoms with Crippen LogP contribution in [-0.4, -0.2) is 21.2 Å². The Kier molecular flexibility index (Phi) is 4.86. The normalized spacial score (nSPS) is 15.6. The largest absolute Gasteiger partial charge is 0.508 e. The summed E-state index contributed by atoms with van der Waals surface area (Å²) in [5.74, 6) is -0.338. The van der Waals surface area contributed by atoms with Gasteiger partial charge >= 0.3 is 0 Å². The number of amides is 1. The van der Waals surface area contributed by atoms with Crippen LogP contribution in [0.1, 0.15) is 46.1 Å². The Bertz CT molecular complexity index is 1380. The molecule has 0 saturated carbocycles. The second-order valence-corrected chi connectivity index (χ2v) is 9.17. The van der Waals surface area contributed by atoms with E-state index < -0.39 is 11.9 Å². The fourth-order valence-electron chi connectivity index (χ4n) is 3.77. The van der Waals surface area contributed by atoms with Crippen molar-refractivity contribution in [3.8, 4) is 5.75 Å². The third-order valence-electron chi connectivity index (χ3n) is 5.17. The highest BCUT2D eigenvalue weighted by Crippen LogP contribution is 2.42. The summed E-state index contributed by atoms with van der Waals surface area (Å²) in [6, 6.07) is 10.8. The van der Waals surface area contributed by atoms with Crippen LogP contribution in [0.25, 0.3) is 11.0 Å². The van der Waals surface area contributed by atoms with E-state index in [-0.39, 0.29) is 22.5 Å². The highest BCUT2D eigenvalue weighted by Gasteiger charge is 2.45. The third kappa shape index (κ3) is 3.24. The quantitative estimate of drug-likeness (QED) is 0.434. The van der Waals surface area contributed by atoms with Crippen LogP contribution in [0.15, 0.2) is 56.1 Å². The average Bonchev–Trinajstić information content (AvgIpc) is 3.32. The van der Waals surface area contributed by atoms with Gasteiger partial charge < -0.3 is 9.52 Å². The molecule has 1 aliphatic heterocycles. The molecule has 5 rings (SSSR count). The summed E-state index contributed by atoms with van der Waals surface area (Å²) in [5.41, 5.74) is 0.993. The van der Waals surface area contributed by atoms with Crippen molar-refractivity contribution in [2.24, 2.45) is 0 Å². The number of nitrogens with zero attached hydrogens (tertiary/aromatic N) is 3. The summed E-state index contributed by atoms with van der Waals surface area (Å²) in [5, 5.41) is 19.8. The van der Waals surface area contributed by atoms with Crippen molar-refractivity contribution in [3.05, 3.63) is 79.1 Å². The summed E-state index contributed by atoms with van der Waals surface area (Å²) in [4.78, 5) is 28.4. The lowest BCUT2D eigenvalue weighted by Crippen LogP contribution is -2.29. The molecule has 1 unspecified atom stereocenters. The van der Waals surface area contributed by atoms with Crippen molar-refractivity contribution in [2.75, 3.05) is 4.90 Å².